The zero-order valence-corrected chi connectivity index (χ0v) is 10.2. The normalized spacial score (nSPS) is 31.7. The van der Waals surface area contributed by atoms with E-state index >= 15 is 0 Å². The largest absolute Gasteiger partial charge is 0.466 e. The average molecular weight is 213 g/mol. The van der Waals surface area contributed by atoms with Crippen LogP contribution in [-0.2, 0) is 9.53 Å². The number of ether oxygens (including phenoxy) is 1. The second kappa shape index (κ2) is 5.50. The molecule has 15 heavy (non-hydrogen) atoms. The fourth-order valence-corrected chi connectivity index (χ4v) is 2.31. The van der Waals surface area contributed by atoms with Gasteiger partial charge in [0.1, 0.15) is 0 Å². The molecule has 3 nitrogen and oxygen atoms in total. The predicted molar refractivity (Wildman–Crippen MR) is 60.6 cm³/mol. The SMILES string of the molecule is CCOC(=O)C1CCC(C)NC1C(C)C. The molecule has 1 rings (SSSR count). The first kappa shape index (κ1) is 12.5. The number of hydrogen-bond donors (Lipinski definition) is 1. The zero-order chi connectivity index (χ0) is 11.4. The van der Waals surface area contributed by atoms with E-state index in [1.807, 2.05) is 6.92 Å². The number of esters is 1. The molecule has 0 bridgehead atoms. The fourth-order valence-electron chi connectivity index (χ4n) is 2.31. The molecule has 0 radical (unpaired) electrons. The van der Waals surface area contributed by atoms with Gasteiger partial charge in [-0.2, -0.15) is 0 Å². The molecule has 3 atom stereocenters. The monoisotopic (exact) mass is 213 g/mol. The highest BCUT2D eigenvalue weighted by Gasteiger charge is 2.35. The van der Waals surface area contributed by atoms with E-state index < -0.39 is 0 Å². The molecule has 1 N–H and O–H groups in total. The molecule has 0 aliphatic carbocycles. The molecule has 0 saturated carbocycles. The molecule has 1 fully saturated rings. The van der Waals surface area contributed by atoms with Crippen LogP contribution in [-0.4, -0.2) is 24.7 Å². The molecular weight excluding hydrogens is 190 g/mol. The van der Waals surface area contributed by atoms with E-state index in [2.05, 4.69) is 26.1 Å². The Morgan fingerprint density at radius 2 is 2.13 bits per heavy atom. The van der Waals surface area contributed by atoms with Gasteiger partial charge in [-0.15, -0.1) is 0 Å². The van der Waals surface area contributed by atoms with Crippen LogP contribution in [0.2, 0.25) is 0 Å². The second-order valence-corrected chi connectivity index (χ2v) is 4.77. The molecule has 0 aromatic rings. The number of rotatable bonds is 3. The Labute approximate surface area is 92.6 Å². The lowest BCUT2D eigenvalue weighted by Gasteiger charge is -2.37. The van der Waals surface area contributed by atoms with Crippen LogP contribution in [0.3, 0.4) is 0 Å². The molecule has 1 saturated heterocycles. The lowest BCUT2D eigenvalue weighted by atomic mass is 9.82. The maximum atomic E-state index is 11.8. The second-order valence-electron chi connectivity index (χ2n) is 4.77. The Hall–Kier alpha value is -0.570. The van der Waals surface area contributed by atoms with Crippen molar-refractivity contribution in [1.82, 2.24) is 5.32 Å². The lowest BCUT2D eigenvalue weighted by molar-refractivity contribution is -0.150. The third kappa shape index (κ3) is 3.20. The predicted octanol–water partition coefficient (Wildman–Crippen LogP) is 1.96. The van der Waals surface area contributed by atoms with Crippen LogP contribution in [0, 0.1) is 11.8 Å². The number of carbonyl (C=O) groups excluding carboxylic acids is 1. The van der Waals surface area contributed by atoms with Crippen LogP contribution >= 0.6 is 0 Å². The molecule has 3 unspecified atom stereocenters. The van der Waals surface area contributed by atoms with Crippen molar-refractivity contribution in [2.45, 2.75) is 52.6 Å². The molecule has 1 heterocycles. The summed E-state index contributed by atoms with van der Waals surface area (Å²) >= 11 is 0. The first-order valence-corrected chi connectivity index (χ1v) is 5.99. The van der Waals surface area contributed by atoms with E-state index in [4.69, 9.17) is 4.74 Å². The molecule has 88 valence electrons. The Bertz CT molecular complexity index is 216. The van der Waals surface area contributed by atoms with Crippen LogP contribution < -0.4 is 5.32 Å². The van der Waals surface area contributed by atoms with Crippen molar-refractivity contribution >= 4 is 5.97 Å². The summed E-state index contributed by atoms with van der Waals surface area (Å²) in [5.74, 6) is 0.485. The quantitative estimate of drug-likeness (QED) is 0.728. The molecule has 0 aromatic carbocycles. The van der Waals surface area contributed by atoms with Gasteiger partial charge in [0.25, 0.3) is 0 Å². The van der Waals surface area contributed by atoms with Gasteiger partial charge in [-0.1, -0.05) is 13.8 Å². The van der Waals surface area contributed by atoms with Crippen molar-refractivity contribution in [3.8, 4) is 0 Å². The molecule has 0 amide bonds. The van der Waals surface area contributed by atoms with E-state index in [1.54, 1.807) is 0 Å². The number of nitrogens with one attached hydrogen (secondary N) is 1. The lowest BCUT2D eigenvalue weighted by Crippen LogP contribution is -2.52. The van der Waals surface area contributed by atoms with Crippen LogP contribution in [0.5, 0.6) is 0 Å². The van der Waals surface area contributed by atoms with Crippen molar-refractivity contribution in [2.24, 2.45) is 11.8 Å². The van der Waals surface area contributed by atoms with E-state index in [1.165, 1.54) is 0 Å². The summed E-state index contributed by atoms with van der Waals surface area (Å²) in [6.07, 6.45) is 2.02. The standard InChI is InChI=1S/C12H23NO2/c1-5-15-12(14)10-7-6-9(4)13-11(10)8(2)3/h8-11,13H,5-7H2,1-4H3. The number of carbonyl (C=O) groups is 1. The van der Waals surface area contributed by atoms with Gasteiger partial charge in [-0.05, 0) is 32.6 Å². The minimum Gasteiger partial charge on any atom is -0.466 e. The van der Waals surface area contributed by atoms with Crippen molar-refractivity contribution in [3.63, 3.8) is 0 Å². The van der Waals surface area contributed by atoms with E-state index in [0.29, 0.717) is 18.6 Å². The smallest absolute Gasteiger partial charge is 0.310 e. The van der Waals surface area contributed by atoms with E-state index in [-0.39, 0.29) is 17.9 Å². The van der Waals surface area contributed by atoms with E-state index in [9.17, 15) is 4.79 Å². The number of hydrogen-bond acceptors (Lipinski definition) is 3. The third-order valence-electron chi connectivity index (χ3n) is 3.13. The highest BCUT2D eigenvalue weighted by molar-refractivity contribution is 5.73. The number of piperidine rings is 1. The minimum absolute atomic E-state index is 0.0319. The van der Waals surface area contributed by atoms with Gasteiger partial charge in [0.05, 0.1) is 12.5 Å². The Balaban J connectivity index is 2.64. The summed E-state index contributed by atoms with van der Waals surface area (Å²) in [4.78, 5) is 11.8. The summed E-state index contributed by atoms with van der Waals surface area (Å²) < 4.78 is 5.12. The highest BCUT2D eigenvalue weighted by atomic mass is 16.5. The summed E-state index contributed by atoms with van der Waals surface area (Å²) in [5, 5.41) is 3.50. The first-order valence-electron chi connectivity index (χ1n) is 5.99. The van der Waals surface area contributed by atoms with Crippen molar-refractivity contribution in [2.75, 3.05) is 6.61 Å². The van der Waals surface area contributed by atoms with Gasteiger partial charge in [-0.3, -0.25) is 4.79 Å². The Kier molecular flexibility index (Phi) is 4.58. The van der Waals surface area contributed by atoms with Crippen LogP contribution in [0.1, 0.15) is 40.5 Å². The Morgan fingerprint density at radius 1 is 1.47 bits per heavy atom. The van der Waals surface area contributed by atoms with Crippen molar-refractivity contribution in [1.29, 1.82) is 0 Å². The van der Waals surface area contributed by atoms with Gasteiger partial charge >= 0.3 is 5.97 Å². The van der Waals surface area contributed by atoms with Crippen LogP contribution in [0.15, 0.2) is 0 Å². The summed E-state index contributed by atoms with van der Waals surface area (Å²) in [6.45, 7) is 8.83. The highest BCUT2D eigenvalue weighted by Crippen LogP contribution is 2.25. The van der Waals surface area contributed by atoms with Crippen LogP contribution in [0.25, 0.3) is 0 Å². The summed E-state index contributed by atoms with van der Waals surface area (Å²) in [7, 11) is 0. The molecule has 0 spiro atoms. The molecule has 1 aliphatic heterocycles. The van der Waals surface area contributed by atoms with Crippen molar-refractivity contribution < 1.29 is 9.53 Å². The maximum Gasteiger partial charge on any atom is 0.310 e. The topological polar surface area (TPSA) is 38.3 Å². The zero-order valence-electron chi connectivity index (χ0n) is 10.2. The maximum absolute atomic E-state index is 11.8. The summed E-state index contributed by atoms with van der Waals surface area (Å²) in [6, 6.07) is 0.788. The molecule has 0 aromatic heterocycles. The minimum atomic E-state index is -0.0319. The van der Waals surface area contributed by atoms with Gasteiger partial charge in [-0.25, -0.2) is 0 Å². The van der Waals surface area contributed by atoms with Crippen molar-refractivity contribution in [3.05, 3.63) is 0 Å². The van der Waals surface area contributed by atoms with Crippen LogP contribution in [0.4, 0.5) is 0 Å². The average Bonchev–Trinajstić information content (AvgIpc) is 2.17. The van der Waals surface area contributed by atoms with Gasteiger partial charge in [0.2, 0.25) is 0 Å². The van der Waals surface area contributed by atoms with Gasteiger partial charge in [0, 0.05) is 12.1 Å². The molecule has 1 aliphatic rings. The Morgan fingerprint density at radius 3 is 2.67 bits per heavy atom. The molecule has 3 heteroatoms. The molecular formula is C12H23NO2. The van der Waals surface area contributed by atoms with Gasteiger partial charge in [0.15, 0.2) is 0 Å². The van der Waals surface area contributed by atoms with E-state index in [0.717, 1.165) is 12.8 Å². The fraction of sp³-hybridized carbons (Fsp3) is 0.917. The summed E-state index contributed by atoms with van der Waals surface area (Å²) in [5.41, 5.74) is 0. The first-order chi connectivity index (χ1) is 7.06. The third-order valence-corrected chi connectivity index (χ3v) is 3.13. The van der Waals surface area contributed by atoms with Gasteiger partial charge < -0.3 is 10.1 Å².